The topological polar surface area (TPSA) is 46.5 Å². The summed E-state index contributed by atoms with van der Waals surface area (Å²) in [6.07, 6.45) is -1.92. The highest BCUT2D eigenvalue weighted by Crippen LogP contribution is 2.21. The number of carbonyl (C=O) groups is 1. The average Bonchev–Trinajstić information content (AvgIpc) is 2.17. The van der Waals surface area contributed by atoms with Gasteiger partial charge in [0.05, 0.1) is 12.2 Å². The number of esters is 1. The molecule has 0 aromatic heterocycles. The Morgan fingerprint density at radius 1 is 1.47 bits per heavy atom. The molecule has 5 heteroatoms. The maximum Gasteiger partial charge on any atom is 0.339 e. The van der Waals surface area contributed by atoms with E-state index in [2.05, 4.69) is 4.74 Å². The van der Waals surface area contributed by atoms with E-state index < -0.39 is 29.3 Å². The van der Waals surface area contributed by atoms with Gasteiger partial charge in [-0.25, -0.2) is 13.6 Å². The number of ether oxygens (including phenoxy) is 1. The second kappa shape index (κ2) is 4.84. The van der Waals surface area contributed by atoms with E-state index in [1.54, 1.807) is 0 Å². The van der Waals surface area contributed by atoms with Gasteiger partial charge in [0.25, 0.3) is 0 Å². The van der Waals surface area contributed by atoms with Crippen molar-refractivity contribution in [3.63, 3.8) is 0 Å². The van der Waals surface area contributed by atoms with Crippen LogP contribution in [-0.2, 0) is 9.53 Å². The molecule has 0 fully saturated rings. The van der Waals surface area contributed by atoms with Crippen LogP contribution in [0.25, 0.3) is 0 Å². The number of hydrogen-bond acceptors (Lipinski definition) is 3. The Hall–Kier alpha value is -1.49. The molecule has 1 atom stereocenters. The highest BCUT2D eigenvalue weighted by atomic mass is 19.1. The second-order valence-corrected chi connectivity index (χ2v) is 2.79. The molecule has 0 amide bonds. The highest BCUT2D eigenvalue weighted by molar-refractivity contribution is 5.76. The van der Waals surface area contributed by atoms with Gasteiger partial charge in [0.1, 0.15) is 11.6 Å². The molecule has 0 saturated heterocycles. The number of aliphatic hydroxyl groups is 1. The fourth-order valence-electron chi connectivity index (χ4n) is 1.11. The van der Waals surface area contributed by atoms with Crippen molar-refractivity contribution in [2.24, 2.45) is 0 Å². The van der Waals surface area contributed by atoms with Crippen molar-refractivity contribution in [2.75, 3.05) is 6.61 Å². The molecule has 0 heterocycles. The van der Waals surface area contributed by atoms with Crippen LogP contribution in [0.4, 0.5) is 8.78 Å². The largest absolute Gasteiger partial charge is 0.464 e. The van der Waals surface area contributed by atoms with E-state index in [1.807, 2.05) is 0 Å². The van der Waals surface area contributed by atoms with Crippen molar-refractivity contribution in [2.45, 2.75) is 13.0 Å². The molecule has 15 heavy (non-hydrogen) atoms. The van der Waals surface area contributed by atoms with Gasteiger partial charge in [-0.15, -0.1) is 0 Å². The van der Waals surface area contributed by atoms with Crippen LogP contribution in [0.15, 0.2) is 18.2 Å². The first-order valence-electron chi connectivity index (χ1n) is 4.36. The van der Waals surface area contributed by atoms with Gasteiger partial charge in [-0.3, -0.25) is 0 Å². The molecule has 0 aliphatic heterocycles. The summed E-state index contributed by atoms with van der Waals surface area (Å²) in [5, 5.41) is 9.33. The molecule has 0 bridgehead atoms. The van der Waals surface area contributed by atoms with Crippen LogP contribution in [0.1, 0.15) is 18.6 Å². The van der Waals surface area contributed by atoms with Crippen molar-refractivity contribution in [1.29, 1.82) is 0 Å². The van der Waals surface area contributed by atoms with Crippen LogP contribution < -0.4 is 0 Å². The predicted octanol–water partition coefficient (Wildman–Crippen LogP) is 1.56. The van der Waals surface area contributed by atoms with Crippen LogP contribution >= 0.6 is 0 Å². The maximum absolute atomic E-state index is 13.1. The standard InChI is InChI=1S/C10H10F2O3/c1-2-15-10(14)9(13)8-6(11)4-3-5-7(8)12/h3-5,9,13H,2H2,1H3. The SMILES string of the molecule is CCOC(=O)C(O)c1c(F)cccc1F. The van der Waals surface area contributed by atoms with Crippen LogP contribution in [0.3, 0.4) is 0 Å². The van der Waals surface area contributed by atoms with E-state index in [1.165, 1.54) is 6.92 Å². The molecule has 0 spiro atoms. The molecule has 1 aromatic carbocycles. The Morgan fingerprint density at radius 3 is 2.47 bits per heavy atom. The van der Waals surface area contributed by atoms with E-state index in [0.717, 1.165) is 18.2 Å². The summed E-state index contributed by atoms with van der Waals surface area (Å²) in [5.41, 5.74) is -0.684. The maximum atomic E-state index is 13.1. The van der Waals surface area contributed by atoms with Gasteiger partial charge in [-0.2, -0.15) is 0 Å². The summed E-state index contributed by atoms with van der Waals surface area (Å²) >= 11 is 0. The first-order valence-corrected chi connectivity index (χ1v) is 4.36. The molecule has 3 nitrogen and oxygen atoms in total. The zero-order valence-corrected chi connectivity index (χ0v) is 8.04. The van der Waals surface area contributed by atoms with Gasteiger partial charge in [-0.05, 0) is 19.1 Å². The Labute approximate surface area is 85.3 Å². The first-order chi connectivity index (χ1) is 7.07. The van der Waals surface area contributed by atoms with Gasteiger partial charge in [0, 0.05) is 0 Å². The minimum atomic E-state index is -1.92. The number of benzene rings is 1. The summed E-state index contributed by atoms with van der Waals surface area (Å²) in [6.45, 7) is 1.56. The number of aliphatic hydroxyl groups excluding tert-OH is 1. The molecule has 1 rings (SSSR count). The van der Waals surface area contributed by atoms with Crippen molar-refractivity contribution in [3.8, 4) is 0 Å². The summed E-state index contributed by atoms with van der Waals surface area (Å²) in [5.74, 6) is -3.02. The lowest BCUT2D eigenvalue weighted by atomic mass is 10.1. The van der Waals surface area contributed by atoms with Gasteiger partial charge in [0.2, 0.25) is 0 Å². The highest BCUT2D eigenvalue weighted by Gasteiger charge is 2.25. The lowest BCUT2D eigenvalue weighted by molar-refractivity contribution is -0.153. The molecular weight excluding hydrogens is 206 g/mol. The lowest BCUT2D eigenvalue weighted by Gasteiger charge is -2.11. The third kappa shape index (κ3) is 2.50. The quantitative estimate of drug-likeness (QED) is 0.780. The van der Waals surface area contributed by atoms with E-state index in [-0.39, 0.29) is 6.61 Å². The van der Waals surface area contributed by atoms with Gasteiger partial charge >= 0.3 is 5.97 Å². The molecule has 0 saturated carbocycles. The van der Waals surface area contributed by atoms with E-state index in [9.17, 15) is 18.7 Å². The van der Waals surface area contributed by atoms with Crippen molar-refractivity contribution in [1.82, 2.24) is 0 Å². The number of rotatable bonds is 3. The Morgan fingerprint density at radius 2 is 2.00 bits per heavy atom. The Kier molecular flexibility index (Phi) is 3.74. The van der Waals surface area contributed by atoms with Crippen LogP contribution in [0.5, 0.6) is 0 Å². The summed E-state index contributed by atoms with van der Waals surface area (Å²) in [6, 6.07) is 3.06. The van der Waals surface area contributed by atoms with Crippen LogP contribution in [-0.4, -0.2) is 17.7 Å². The average molecular weight is 216 g/mol. The number of hydrogen-bond donors (Lipinski definition) is 1. The fraction of sp³-hybridized carbons (Fsp3) is 0.300. The van der Waals surface area contributed by atoms with Crippen molar-refractivity contribution in [3.05, 3.63) is 35.4 Å². The van der Waals surface area contributed by atoms with Crippen LogP contribution in [0, 0.1) is 11.6 Å². The van der Waals surface area contributed by atoms with Gasteiger partial charge < -0.3 is 9.84 Å². The molecule has 0 aliphatic carbocycles. The van der Waals surface area contributed by atoms with Crippen molar-refractivity contribution >= 4 is 5.97 Å². The Balaban J connectivity index is 3.00. The number of carbonyl (C=O) groups excluding carboxylic acids is 1. The van der Waals surface area contributed by atoms with E-state index >= 15 is 0 Å². The molecule has 0 aliphatic rings. The molecule has 0 radical (unpaired) electrons. The monoisotopic (exact) mass is 216 g/mol. The molecule has 1 unspecified atom stereocenters. The third-order valence-electron chi connectivity index (χ3n) is 1.78. The fourth-order valence-corrected chi connectivity index (χ4v) is 1.11. The second-order valence-electron chi connectivity index (χ2n) is 2.79. The zero-order valence-electron chi connectivity index (χ0n) is 8.04. The van der Waals surface area contributed by atoms with E-state index in [4.69, 9.17) is 0 Å². The first kappa shape index (κ1) is 11.6. The number of halogens is 2. The lowest BCUT2D eigenvalue weighted by Crippen LogP contribution is -2.18. The van der Waals surface area contributed by atoms with Gasteiger partial charge in [-0.1, -0.05) is 6.07 Å². The third-order valence-corrected chi connectivity index (χ3v) is 1.78. The summed E-state index contributed by atoms with van der Waals surface area (Å²) < 4.78 is 30.6. The van der Waals surface area contributed by atoms with Crippen molar-refractivity contribution < 1.29 is 23.4 Å². The molecular formula is C10H10F2O3. The van der Waals surface area contributed by atoms with Crippen LogP contribution in [0.2, 0.25) is 0 Å². The molecule has 1 N–H and O–H groups in total. The molecule has 1 aromatic rings. The summed E-state index contributed by atoms with van der Waals surface area (Å²) in [4.78, 5) is 11.0. The van der Waals surface area contributed by atoms with Gasteiger partial charge in [0.15, 0.2) is 6.10 Å². The normalized spacial score (nSPS) is 12.3. The molecule has 82 valence electrons. The Bertz CT molecular complexity index is 345. The predicted molar refractivity (Wildman–Crippen MR) is 48.0 cm³/mol. The minimum Gasteiger partial charge on any atom is -0.464 e. The smallest absolute Gasteiger partial charge is 0.339 e. The zero-order chi connectivity index (χ0) is 11.4. The summed E-state index contributed by atoms with van der Waals surface area (Å²) in [7, 11) is 0. The van der Waals surface area contributed by atoms with E-state index in [0.29, 0.717) is 0 Å². The minimum absolute atomic E-state index is 0.0337.